The van der Waals surface area contributed by atoms with Crippen molar-refractivity contribution in [1.29, 1.82) is 0 Å². The molecule has 0 saturated carbocycles. The minimum absolute atomic E-state index is 1.28. The average molecular weight is 137 g/mol. The maximum absolute atomic E-state index is 4.17. The molecule has 0 aliphatic rings. The first kappa shape index (κ1) is 6.40. The quantitative estimate of drug-likeness (QED) is 0.528. The number of aromatic amines is 1. The van der Waals surface area contributed by atoms with Crippen LogP contribution in [0.4, 0.5) is 0 Å². The molecule has 0 bridgehead atoms. The monoisotopic (exact) mass is 137 g/mol. The van der Waals surface area contributed by atoms with E-state index in [9.17, 15) is 0 Å². The highest BCUT2D eigenvalue weighted by Crippen LogP contribution is 1.62. The van der Waals surface area contributed by atoms with Crippen molar-refractivity contribution in [3.63, 3.8) is 0 Å². The Hall–Kier alpha value is -1.72. The third kappa shape index (κ3) is 2.55. The standard InChI is InChI=1S/C2H2N3.C2HN2O/c1-3-2-5-4-1;1-2-5-4-3-1/h1H,(H,3,4,5);2H. The van der Waals surface area contributed by atoms with Crippen molar-refractivity contribution < 1.29 is 4.52 Å². The van der Waals surface area contributed by atoms with Crippen LogP contribution in [-0.4, -0.2) is 25.6 Å². The summed E-state index contributed by atoms with van der Waals surface area (Å²) in [7, 11) is 0. The largest absolute Gasteiger partial charge is 0.345 e. The van der Waals surface area contributed by atoms with Crippen molar-refractivity contribution >= 4 is 0 Å². The fraction of sp³-hybridized carbons (Fsp3) is 0. The summed E-state index contributed by atoms with van der Waals surface area (Å²) < 4.78 is 4.17. The molecule has 2 heterocycles. The second-order valence-corrected chi connectivity index (χ2v) is 1.13. The zero-order valence-corrected chi connectivity index (χ0v) is 4.85. The first-order valence-electron chi connectivity index (χ1n) is 2.35. The molecule has 0 amide bonds. The van der Waals surface area contributed by atoms with Crippen LogP contribution >= 0.6 is 0 Å². The lowest BCUT2D eigenvalue weighted by Crippen LogP contribution is -1.54. The van der Waals surface area contributed by atoms with E-state index in [1.807, 2.05) is 0 Å². The SMILES string of the molecule is [c]1conn1.[c]1nnc[nH]1. The first-order chi connectivity index (χ1) is 5.00. The van der Waals surface area contributed by atoms with Gasteiger partial charge in [0.25, 0.3) is 0 Å². The summed E-state index contributed by atoms with van der Waals surface area (Å²) >= 11 is 0. The summed E-state index contributed by atoms with van der Waals surface area (Å²) in [4.78, 5) is 2.51. The van der Waals surface area contributed by atoms with Crippen LogP contribution in [0.5, 0.6) is 0 Å². The number of hydrogen-bond donors (Lipinski definition) is 1. The summed E-state index contributed by atoms with van der Waals surface area (Å²) in [5.41, 5.74) is 0. The van der Waals surface area contributed by atoms with Crippen LogP contribution < -0.4 is 0 Å². The van der Waals surface area contributed by atoms with E-state index in [-0.39, 0.29) is 0 Å². The third-order valence-corrected chi connectivity index (χ3v) is 0.546. The summed E-state index contributed by atoms with van der Waals surface area (Å²) in [5, 5.41) is 12.9. The van der Waals surface area contributed by atoms with Crippen LogP contribution in [0.1, 0.15) is 0 Å². The zero-order chi connectivity index (χ0) is 7.07. The van der Waals surface area contributed by atoms with E-state index in [1.165, 1.54) is 12.6 Å². The molecule has 0 atom stereocenters. The molecule has 10 heavy (non-hydrogen) atoms. The van der Waals surface area contributed by atoms with Crippen LogP contribution in [0.15, 0.2) is 17.1 Å². The molecule has 50 valence electrons. The lowest BCUT2D eigenvalue weighted by molar-refractivity contribution is 0.393. The maximum atomic E-state index is 4.17. The Morgan fingerprint density at radius 2 is 2.40 bits per heavy atom. The van der Waals surface area contributed by atoms with Gasteiger partial charge in [-0.2, -0.15) is 0 Å². The van der Waals surface area contributed by atoms with Crippen LogP contribution in [0.3, 0.4) is 0 Å². The van der Waals surface area contributed by atoms with Crippen LogP contribution in [0, 0.1) is 12.5 Å². The van der Waals surface area contributed by atoms with Gasteiger partial charge in [-0.05, 0) is 0 Å². The Labute approximate surface area is 56.3 Å². The normalized spacial score (nSPS) is 8.00. The Morgan fingerprint density at radius 1 is 1.40 bits per heavy atom. The van der Waals surface area contributed by atoms with Gasteiger partial charge in [-0.25, -0.2) is 0 Å². The molecule has 2 aromatic rings. The Balaban J connectivity index is 0.0000001000. The van der Waals surface area contributed by atoms with Crippen LogP contribution in [0.2, 0.25) is 0 Å². The fourth-order valence-corrected chi connectivity index (χ4v) is 0.262. The molecular weight excluding hydrogens is 134 g/mol. The van der Waals surface area contributed by atoms with Gasteiger partial charge in [-0.1, -0.05) is 0 Å². The Kier molecular flexibility index (Phi) is 2.68. The number of nitrogens with zero attached hydrogens (tertiary/aromatic N) is 4. The minimum Gasteiger partial charge on any atom is -0.345 e. The summed E-state index contributed by atoms with van der Waals surface area (Å²) in [6, 6.07) is 0. The lowest BCUT2D eigenvalue weighted by Gasteiger charge is -1.44. The molecule has 2 radical (unpaired) electrons. The maximum Gasteiger partial charge on any atom is 0.198 e. The van der Waals surface area contributed by atoms with Crippen LogP contribution in [0.25, 0.3) is 0 Å². The van der Waals surface area contributed by atoms with Gasteiger partial charge >= 0.3 is 0 Å². The molecule has 0 unspecified atom stereocenters. The van der Waals surface area contributed by atoms with Crippen molar-refractivity contribution in [2.24, 2.45) is 0 Å². The second-order valence-electron chi connectivity index (χ2n) is 1.13. The highest BCUT2D eigenvalue weighted by atomic mass is 16.5. The number of H-pyrrole nitrogens is 1. The summed E-state index contributed by atoms with van der Waals surface area (Å²) in [5.74, 6) is 0. The van der Waals surface area contributed by atoms with Crippen molar-refractivity contribution in [3.05, 3.63) is 25.1 Å². The number of nitrogens with one attached hydrogen (secondary N) is 1. The smallest absolute Gasteiger partial charge is 0.198 e. The number of aromatic nitrogens is 5. The van der Waals surface area contributed by atoms with Gasteiger partial charge < -0.3 is 9.51 Å². The number of rotatable bonds is 0. The zero-order valence-electron chi connectivity index (χ0n) is 4.85. The van der Waals surface area contributed by atoms with E-state index in [4.69, 9.17) is 0 Å². The van der Waals surface area contributed by atoms with E-state index in [1.54, 1.807) is 0 Å². The lowest BCUT2D eigenvalue weighted by atomic mass is 11.0. The molecule has 2 aromatic heterocycles. The van der Waals surface area contributed by atoms with Crippen molar-refractivity contribution in [1.82, 2.24) is 25.6 Å². The predicted molar refractivity (Wildman–Crippen MR) is 28.4 cm³/mol. The van der Waals surface area contributed by atoms with Gasteiger partial charge in [0.15, 0.2) is 18.8 Å². The Morgan fingerprint density at radius 3 is 2.60 bits per heavy atom. The summed E-state index contributed by atoms with van der Waals surface area (Å²) in [6.45, 7) is 0. The molecule has 2 rings (SSSR count). The van der Waals surface area contributed by atoms with Gasteiger partial charge in [0.1, 0.15) is 6.33 Å². The van der Waals surface area contributed by atoms with Gasteiger partial charge in [0.05, 0.1) is 0 Å². The molecule has 6 nitrogen and oxygen atoms in total. The minimum atomic E-state index is 1.28. The Bertz CT molecular complexity index is 153. The highest BCUT2D eigenvalue weighted by Gasteiger charge is 1.63. The third-order valence-electron chi connectivity index (χ3n) is 0.546. The molecule has 0 aromatic carbocycles. The molecule has 0 aliphatic heterocycles. The van der Waals surface area contributed by atoms with Crippen LogP contribution in [-0.2, 0) is 0 Å². The number of hydrogen-bond acceptors (Lipinski definition) is 5. The van der Waals surface area contributed by atoms with Gasteiger partial charge in [0.2, 0.25) is 0 Å². The van der Waals surface area contributed by atoms with E-state index in [0.717, 1.165) is 0 Å². The molecule has 0 aliphatic carbocycles. The molecule has 0 fully saturated rings. The molecular formula is C4H3N5O. The molecule has 0 saturated heterocycles. The van der Waals surface area contributed by atoms with Crippen molar-refractivity contribution in [3.8, 4) is 0 Å². The molecule has 0 spiro atoms. The van der Waals surface area contributed by atoms with Crippen molar-refractivity contribution in [2.45, 2.75) is 0 Å². The van der Waals surface area contributed by atoms with E-state index in [0.29, 0.717) is 0 Å². The molecule has 1 N–H and O–H groups in total. The van der Waals surface area contributed by atoms with Gasteiger partial charge in [-0.3, -0.25) is 0 Å². The topological polar surface area (TPSA) is 80.5 Å². The fourth-order valence-electron chi connectivity index (χ4n) is 0.262. The van der Waals surface area contributed by atoms with E-state index >= 15 is 0 Å². The van der Waals surface area contributed by atoms with E-state index in [2.05, 4.69) is 42.6 Å². The summed E-state index contributed by atoms with van der Waals surface area (Å²) in [6.07, 6.45) is 7.44. The second kappa shape index (κ2) is 4.19. The van der Waals surface area contributed by atoms with Gasteiger partial charge in [0, 0.05) is 5.27 Å². The highest BCUT2D eigenvalue weighted by molar-refractivity contribution is 4.43. The average Bonchev–Trinajstić information content (AvgIpc) is 2.67. The van der Waals surface area contributed by atoms with Gasteiger partial charge in [-0.15, -0.1) is 15.3 Å². The van der Waals surface area contributed by atoms with E-state index < -0.39 is 0 Å². The predicted octanol–water partition coefficient (Wildman–Crippen LogP) is -0.525. The molecule has 6 heteroatoms. The van der Waals surface area contributed by atoms with Crippen molar-refractivity contribution in [2.75, 3.05) is 0 Å². The first-order valence-corrected chi connectivity index (χ1v) is 2.35.